The average Bonchev–Trinajstić information content (AvgIpc) is 2.78. The summed E-state index contributed by atoms with van der Waals surface area (Å²) in [6.45, 7) is 0. The Balaban J connectivity index is 2.12. The summed E-state index contributed by atoms with van der Waals surface area (Å²) >= 11 is 3.32. The van der Waals surface area contributed by atoms with Gasteiger partial charge in [-0.3, -0.25) is 10.1 Å². The minimum absolute atomic E-state index is 0.238. The summed E-state index contributed by atoms with van der Waals surface area (Å²) in [5.41, 5.74) is 1.63. The highest BCUT2D eigenvalue weighted by atomic mass is 79.9. The van der Waals surface area contributed by atoms with Crippen LogP contribution in [0, 0.1) is 0 Å². The van der Waals surface area contributed by atoms with Crippen LogP contribution in [0.25, 0.3) is 0 Å². The van der Waals surface area contributed by atoms with Crippen LogP contribution in [-0.4, -0.2) is 23.7 Å². The Morgan fingerprint density at radius 2 is 1.86 bits per heavy atom. The third-order valence-electron chi connectivity index (χ3n) is 2.76. The van der Waals surface area contributed by atoms with Crippen molar-refractivity contribution in [2.75, 3.05) is 17.7 Å². The van der Waals surface area contributed by atoms with Crippen molar-refractivity contribution in [3.8, 4) is 0 Å². The van der Waals surface area contributed by atoms with E-state index in [0.717, 1.165) is 4.47 Å². The fourth-order valence-electron chi connectivity index (χ4n) is 1.79. The molecule has 0 fully saturated rings. The predicted molar refractivity (Wildman–Crippen MR) is 83.5 cm³/mol. The minimum Gasteiger partial charge on any atom is -0.453 e. The molecular weight excluding hydrogens is 338 g/mol. The van der Waals surface area contributed by atoms with Crippen LogP contribution < -0.4 is 10.6 Å². The number of carbonyl (C=O) groups excluding carboxylic acids is 2. The van der Waals surface area contributed by atoms with Crippen molar-refractivity contribution in [3.05, 3.63) is 46.7 Å². The molecule has 0 aliphatic heterocycles. The highest BCUT2D eigenvalue weighted by Crippen LogP contribution is 2.18. The Kier molecular flexibility index (Phi) is 4.64. The lowest BCUT2D eigenvalue weighted by Crippen LogP contribution is -2.16. The maximum absolute atomic E-state index is 12.2. The van der Waals surface area contributed by atoms with Gasteiger partial charge >= 0.3 is 6.09 Å². The second kappa shape index (κ2) is 6.45. The molecule has 2 amide bonds. The summed E-state index contributed by atoms with van der Waals surface area (Å²) in [6.07, 6.45) is 1.23. The smallest absolute Gasteiger partial charge is 0.411 e. The summed E-state index contributed by atoms with van der Waals surface area (Å²) in [6, 6.07) is 8.53. The lowest BCUT2D eigenvalue weighted by Gasteiger charge is -2.08. The van der Waals surface area contributed by atoms with Crippen molar-refractivity contribution in [1.29, 1.82) is 0 Å². The number of halogens is 1. The van der Waals surface area contributed by atoms with Crippen LogP contribution in [0.1, 0.15) is 10.5 Å². The zero-order valence-electron chi connectivity index (χ0n) is 11.5. The number of aryl methyl sites for hydroxylation is 1. The normalized spacial score (nSPS) is 10.0. The summed E-state index contributed by atoms with van der Waals surface area (Å²) in [7, 11) is 3.07. The highest BCUT2D eigenvalue weighted by Gasteiger charge is 2.11. The van der Waals surface area contributed by atoms with Crippen LogP contribution in [0.3, 0.4) is 0 Å². The van der Waals surface area contributed by atoms with Gasteiger partial charge in [0.25, 0.3) is 5.91 Å². The number of methoxy groups -OCH3 is 1. The van der Waals surface area contributed by atoms with Crippen LogP contribution >= 0.6 is 15.9 Å². The van der Waals surface area contributed by atoms with Gasteiger partial charge in [-0.25, -0.2) is 4.79 Å². The molecule has 1 aromatic heterocycles. The summed E-state index contributed by atoms with van der Waals surface area (Å²) < 4.78 is 7.07. The van der Waals surface area contributed by atoms with Crippen molar-refractivity contribution in [1.82, 2.24) is 4.57 Å². The molecule has 0 radical (unpaired) electrons. The molecule has 2 rings (SSSR count). The Morgan fingerprint density at radius 3 is 2.43 bits per heavy atom. The zero-order valence-corrected chi connectivity index (χ0v) is 13.1. The van der Waals surface area contributed by atoms with Crippen molar-refractivity contribution in [2.24, 2.45) is 7.05 Å². The van der Waals surface area contributed by atoms with E-state index in [0.29, 0.717) is 17.1 Å². The van der Waals surface area contributed by atoms with Gasteiger partial charge < -0.3 is 14.6 Å². The number of ether oxygens (including phenoxy) is 1. The topological polar surface area (TPSA) is 72.4 Å². The number of hydrogen-bond acceptors (Lipinski definition) is 3. The second-order valence-electron chi connectivity index (χ2n) is 4.31. The van der Waals surface area contributed by atoms with E-state index in [2.05, 4.69) is 31.3 Å². The average molecular weight is 352 g/mol. The van der Waals surface area contributed by atoms with E-state index in [1.807, 2.05) is 0 Å². The highest BCUT2D eigenvalue weighted by molar-refractivity contribution is 9.10. The SMILES string of the molecule is COC(=O)Nc1cccc(NC(=O)c2cc(Br)cn2C)c1. The monoisotopic (exact) mass is 351 g/mol. The fraction of sp³-hybridized carbons (Fsp3) is 0.143. The Morgan fingerprint density at radius 1 is 1.19 bits per heavy atom. The van der Waals surface area contributed by atoms with Gasteiger partial charge in [0.1, 0.15) is 5.69 Å². The number of nitrogens with one attached hydrogen (secondary N) is 2. The lowest BCUT2D eigenvalue weighted by atomic mass is 10.2. The van der Waals surface area contributed by atoms with Gasteiger partial charge in [0.2, 0.25) is 0 Å². The number of hydrogen-bond donors (Lipinski definition) is 2. The summed E-state index contributed by atoms with van der Waals surface area (Å²) in [4.78, 5) is 23.3. The number of anilines is 2. The molecule has 1 heterocycles. The number of aromatic nitrogens is 1. The molecule has 110 valence electrons. The fourth-order valence-corrected chi connectivity index (χ4v) is 2.31. The zero-order chi connectivity index (χ0) is 15.4. The molecule has 2 N–H and O–H groups in total. The van der Waals surface area contributed by atoms with Crippen LogP contribution in [0.15, 0.2) is 41.0 Å². The molecule has 2 aromatic rings. The summed E-state index contributed by atoms with van der Waals surface area (Å²) in [5, 5.41) is 5.31. The maximum Gasteiger partial charge on any atom is 0.411 e. The van der Waals surface area contributed by atoms with Gasteiger partial charge in [0, 0.05) is 29.1 Å². The Hall–Kier alpha value is -2.28. The van der Waals surface area contributed by atoms with Crippen molar-refractivity contribution in [3.63, 3.8) is 0 Å². The quantitative estimate of drug-likeness (QED) is 0.891. The first-order chi connectivity index (χ1) is 9.99. The number of rotatable bonds is 3. The molecule has 0 atom stereocenters. The number of carbonyl (C=O) groups is 2. The van der Waals surface area contributed by atoms with Gasteiger partial charge in [0.15, 0.2) is 0 Å². The molecular formula is C14H14BrN3O3. The van der Waals surface area contributed by atoms with E-state index >= 15 is 0 Å². The van der Waals surface area contributed by atoms with Gasteiger partial charge in [-0.05, 0) is 40.2 Å². The third kappa shape index (κ3) is 3.85. The molecule has 6 nitrogen and oxygen atoms in total. The molecule has 0 bridgehead atoms. The van der Waals surface area contributed by atoms with E-state index in [4.69, 9.17) is 0 Å². The van der Waals surface area contributed by atoms with Crippen LogP contribution in [0.5, 0.6) is 0 Å². The largest absolute Gasteiger partial charge is 0.453 e. The van der Waals surface area contributed by atoms with E-state index < -0.39 is 6.09 Å². The van der Waals surface area contributed by atoms with Crippen LogP contribution in [0.4, 0.5) is 16.2 Å². The molecule has 0 saturated carbocycles. The Bertz CT molecular complexity index is 682. The first-order valence-corrected chi connectivity index (χ1v) is 6.87. The molecule has 0 spiro atoms. The van der Waals surface area contributed by atoms with Crippen molar-refractivity contribution < 1.29 is 14.3 Å². The Labute approximate surface area is 130 Å². The number of nitrogens with zero attached hydrogens (tertiary/aromatic N) is 1. The molecule has 0 aliphatic carbocycles. The third-order valence-corrected chi connectivity index (χ3v) is 3.19. The van der Waals surface area contributed by atoms with Crippen molar-refractivity contribution in [2.45, 2.75) is 0 Å². The van der Waals surface area contributed by atoms with E-state index in [-0.39, 0.29) is 5.91 Å². The number of amides is 2. The van der Waals surface area contributed by atoms with E-state index in [9.17, 15) is 9.59 Å². The van der Waals surface area contributed by atoms with E-state index in [1.165, 1.54) is 7.11 Å². The molecule has 1 aromatic carbocycles. The lowest BCUT2D eigenvalue weighted by molar-refractivity contribution is 0.101. The first-order valence-electron chi connectivity index (χ1n) is 6.08. The number of benzene rings is 1. The summed E-state index contributed by atoms with van der Waals surface area (Å²) in [5.74, 6) is -0.238. The molecule has 21 heavy (non-hydrogen) atoms. The minimum atomic E-state index is -0.565. The molecule has 0 unspecified atom stereocenters. The van der Waals surface area contributed by atoms with E-state index in [1.54, 1.807) is 48.1 Å². The van der Waals surface area contributed by atoms with Gasteiger partial charge in [-0.2, -0.15) is 0 Å². The first kappa shape index (κ1) is 15.1. The maximum atomic E-state index is 12.2. The standard InChI is InChI=1S/C14H14BrN3O3/c1-18-8-9(15)6-12(18)13(19)16-10-4-3-5-11(7-10)17-14(20)21-2/h3-8H,1-2H3,(H,16,19)(H,17,20). The van der Waals surface area contributed by atoms with Crippen molar-refractivity contribution >= 4 is 39.3 Å². The molecule has 0 saturated heterocycles. The van der Waals surface area contributed by atoms with Crippen LogP contribution in [0.2, 0.25) is 0 Å². The molecule has 0 aliphatic rings. The van der Waals surface area contributed by atoms with Crippen LogP contribution in [-0.2, 0) is 11.8 Å². The van der Waals surface area contributed by atoms with Gasteiger partial charge in [-0.1, -0.05) is 6.07 Å². The predicted octanol–water partition coefficient (Wildman–Crippen LogP) is 3.22. The van der Waals surface area contributed by atoms with Gasteiger partial charge in [-0.15, -0.1) is 0 Å². The second-order valence-corrected chi connectivity index (χ2v) is 5.22. The van der Waals surface area contributed by atoms with Gasteiger partial charge in [0.05, 0.1) is 7.11 Å². The molecule has 7 heteroatoms.